The van der Waals surface area contributed by atoms with Gasteiger partial charge in [-0.1, -0.05) is 0 Å². The van der Waals surface area contributed by atoms with Crippen LogP contribution in [-0.4, -0.2) is 25.8 Å². The van der Waals surface area contributed by atoms with E-state index in [0.717, 1.165) is 22.9 Å². The topological polar surface area (TPSA) is 75.0 Å². The van der Waals surface area contributed by atoms with Crippen LogP contribution in [0, 0.1) is 0 Å². The van der Waals surface area contributed by atoms with Crippen LogP contribution < -0.4 is 15.1 Å². The number of fused-ring (bicyclic) bond motifs is 7. The molecule has 6 nitrogen and oxygen atoms in total. The van der Waals surface area contributed by atoms with E-state index in [9.17, 15) is 9.59 Å². The van der Waals surface area contributed by atoms with Crippen LogP contribution in [0.3, 0.4) is 0 Å². The molecule has 0 radical (unpaired) electrons. The molecule has 3 aliphatic rings. The van der Waals surface area contributed by atoms with Gasteiger partial charge in [-0.3, -0.25) is 4.79 Å². The molecule has 1 saturated heterocycles. The Kier molecular flexibility index (Phi) is 2.48. The lowest BCUT2D eigenvalue weighted by Crippen LogP contribution is -2.14. The lowest BCUT2D eigenvalue weighted by Gasteiger charge is -2.13. The van der Waals surface area contributed by atoms with Gasteiger partial charge in [-0.2, -0.15) is 0 Å². The van der Waals surface area contributed by atoms with Crippen molar-refractivity contribution in [1.82, 2.24) is 0 Å². The standard InChI is InChI=1S/C17H14O6/c1-20-10-6-11-14(8-4-5-21-17(8)22-11)15-13(10)7-2-3-9(18)12(7)16(19)23-15/h6,8,17H,2-5H2,1H3/t8-,17-/m0/s1. The largest absolute Gasteiger partial charge is 0.496 e. The minimum Gasteiger partial charge on any atom is -0.496 e. The SMILES string of the molecule is COc1cc2c(c3oc(=O)c4c(c13)CCC4=O)[C@@H]1CCO[C@H]1O2. The summed E-state index contributed by atoms with van der Waals surface area (Å²) in [6, 6.07) is 1.81. The van der Waals surface area contributed by atoms with E-state index in [-0.39, 0.29) is 23.6 Å². The van der Waals surface area contributed by atoms with E-state index in [1.807, 2.05) is 6.07 Å². The summed E-state index contributed by atoms with van der Waals surface area (Å²) in [6.45, 7) is 0.621. The minimum atomic E-state index is -0.562. The number of benzene rings is 1. The first-order chi connectivity index (χ1) is 11.2. The lowest BCUT2D eigenvalue weighted by atomic mass is 9.94. The summed E-state index contributed by atoms with van der Waals surface area (Å²) in [5.41, 5.74) is 1.70. The van der Waals surface area contributed by atoms with Gasteiger partial charge < -0.3 is 18.6 Å². The number of hydrogen-bond donors (Lipinski definition) is 0. The quantitative estimate of drug-likeness (QED) is 0.751. The normalized spacial score (nSPS) is 24.5. The summed E-state index contributed by atoms with van der Waals surface area (Å²) >= 11 is 0. The zero-order chi connectivity index (χ0) is 15.7. The fourth-order valence-corrected chi connectivity index (χ4v) is 4.00. The van der Waals surface area contributed by atoms with Crippen LogP contribution in [0.5, 0.6) is 11.5 Å². The molecule has 3 heterocycles. The average molecular weight is 314 g/mol. The van der Waals surface area contributed by atoms with Crippen LogP contribution in [0.25, 0.3) is 11.0 Å². The maximum atomic E-state index is 12.3. The highest BCUT2D eigenvalue weighted by Crippen LogP contribution is 2.51. The molecule has 0 amide bonds. The predicted octanol–water partition coefficient (Wildman–Crippen LogP) is 2.15. The number of aryl methyl sites for hydroxylation is 1. The van der Waals surface area contributed by atoms with Crippen LogP contribution in [0.1, 0.15) is 40.2 Å². The highest BCUT2D eigenvalue weighted by molar-refractivity contribution is 6.06. The summed E-state index contributed by atoms with van der Waals surface area (Å²) in [7, 11) is 1.56. The molecule has 23 heavy (non-hydrogen) atoms. The lowest BCUT2D eigenvalue weighted by molar-refractivity contribution is -0.0337. The Hall–Kier alpha value is -2.34. The van der Waals surface area contributed by atoms with Gasteiger partial charge in [0.15, 0.2) is 5.78 Å². The van der Waals surface area contributed by atoms with E-state index in [1.54, 1.807) is 7.11 Å². The molecule has 6 heteroatoms. The fraction of sp³-hybridized carbons (Fsp3) is 0.412. The highest BCUT2D eigenvalue weighted by Gasteiger charge is 2.43. The van der Waals surface area contributed by atoms with Gasteiger partial charge in [0.2, 0.25) is 6.29 Å². The number of ketones is 1. The molecule has 1 aliphatic carbocycles. The van der Waals surface area contributed by atoms with Crippen LogP contribution in [-0.2, 0) is 11.2 Å². The predicted molar refractivity (Wildman–Crippen MR) is 79.4 cm³/mol. The molecule has 1 fully saturated rings. The van der Waals surface area contributed by atoms with E-state index < -0.39 is 5.63 Å². The van der Waals surface area contributed by atoms with Gasteiger partial charge in [0.1, 0.15) is 22.6 Å². The van der Waals surface area contributed by atoms with Crippen molar-refractivity contribution in [3.8, 4) is 11.5 Å². The summed E-state index contributed by atoms with van der Waals surface area (Å²) in [5, 5.41) is 0.725. The third kappa shape index (κ3) is 1.56. The van der Waals surface area contributed by atoms with Crippen molar-refractivity contribution in [3.63, 3.8) is 0 Å². The van der Waals surface area contributed by atoms with Crippen LogP contribution in [0.4, 0.5) is 0 Å². The molecule has 118 valence electrons. The molecule has 2 aromatic rings. The van der Waals surface area contributed by atoms with Crippen molar-refractivity contribution in [2.75, 3.05) is 13.7 Å². The van der Waals surface area contributed by atoms with E-state index in [1.165, 1.54) is 0 Å². The van der Waals surface area contributed by atoms with E-state index in [4.69, 9.17) is 18.6 Å². The zero-order valence-corrected chi connectivity index (χ0v) is 12.5. The number of carbonyl (C=O) groups is 1. The van der Waals surface area contributed by atoms with E-state index in [2.05, 4.69) is 0 Å². The van der Waals surface area contributed by atoms with Gasteiger partial charge in [-0.25, -0.2) is 4.79 Å². The second-order valence-electron chi connectivity index (χ2n) is 6.11. The number of methoxy groups -OCH3 is 1. The van der Waals surface area contributed by atoms with Crippen molar-refractivity contribution >= 4 is 16.8 Å². The molecular weight excluding hydrogens is 300 g/mol. The molecule has 0 bridgehead atoms. The Labute approximate surface area is 130 Å². The van der Waals surface area contributed by atoms with Gasteiger partial charge in [0.25, 0.3) is 0 Å². The van der Waals surface area contributed by atoms with Crippen molar-refractivity contribution in [2.24, 2.45) is 0 Å². The minimum absolute atomic E-state index is 0.0525. The van der Waals surface area contributed by atoms with E-state index >= 15 is 0 Å². The smallest absolute Gasteiger partial charge is 0.347 e. The number of rotatable bonds is 1. The molecule has 2 atom stereocenters. The van der Waals surface area contributed by atoms with Crippen LogP contribution >= 0.6 is 0 Å². The Morgan fingerprint density at radius 1 is 1.26 bits per heavy atom. The Balaban J connectivity index is 1.92. The summed E-state index contributed by atoms with van der Waals surface area (Å²) in [4.78, 5) is 24.3. The van der Waals surface area contributed by atoms with Gasteiger partial charge in [-0.05, 0) is 18.4 Å². The summed E-state index contributed by atoms with van der Waals surface area (Å²) < 4.78 is 22.5. The van der Waals surface area contributed by atoms with Gasteiger partial charge in [-0.15, -0.1) is 0 Å². The highest BCUT2D eigenvalue weighted by atomic mass is 16.7. The molecule has 0 saturated carbocycles. The molecule has 1 aromatic heterocycles. The molecule has 0 unspecified atom stereocenters. The Morgan fingerprint density at radius 3 is 2.96 bits per heavy atom. The Morgan fingerprint density at radius 2 is 2.13 bits per heavy atom. The van der Waals surface area contributed by atoms with E-state index in [0.29, 0.717) is 36.5 Å². The second-order valence-corrected chi connectivity index (χ2v) is 6.11. The number of carbonyl (C=O) groups excluding carboxylic acids is 1. The average Bonchev–Trinajstić information content (AvgIpc) is 3.20. The van der Waals surface area contributed by atoms with Gasteiger partial charge in [0, 0.05) is 18.1 Å². The van der Waals surface area contributed by atoms with Crippen LogP contribution in [0.2, 0.25) is 0 Å². The molecule has 0 spiro atoms. The number of Topliss-reactive ketones (excluding diaryl/α,β-unsaturated/α-hetero) is 1. The van der Waals surface area contributed by atoms with Crippen molar-refractivity contribution < 1.29 is 23.4 Å². The molecule has 1 aromatic carbocycles. The molecular formula is C17H14O6. The van der Waals surface area contributed by atoms with Gasteiger partial charge in [0.05, 0.1) is 25.0 Å². The molecule has 2 aliphatic heterocycles. The fourth-order valence-electron chi connectivity index (χ4n) is 4.00. The van der Waals surface area contributed by atoms with Crippen molar-refractivity contribution in [3.05, 3.63) is 33.2 Å². The Bertz CT molecular complexity index is 925. The first-order valence-corrected chi connectivity index (χ1v) is 7.71. The van der Waals surface area contributed by atoms with Crippen LogP contribution in [0.15, 0.2) is 15.3 Å². The molecule has 0 N–H and O–H groups in total. The number of hydrogen-bond acceptors (Lipinski definition) is 6. The third-order valence-electron chi connectivity index (χ3n) is 5.00. The van der Waals surface area contributed by atoms with Crippen molar-refractivity contribution in [1.29, 1.82) is 0 Å². The van der Waals surface area contributed by atoms with Gasteiger partial charge >= 0.3 is 5.63 Å². The maximum absolute atomic E-state index is 12.3. The summed E-state index contributed by atoms with van der Waals surface area (Å²) in [6.07, 6.45) is 1.36. The summed E-state index contributed by atoms with van der Waals surface area (Å²) in [5.74, 6) is 1.10. The number of ether oxygens (including phenoxy) is 3. The van der Waals surface area contributed by atoms with Crippen molar-refractivity contribution in [2.45, 2.75) is 31.5 Å². The third-order valence-corrected chi connectivity index (χ3v) is 5.00. The first-order valence-electron chi connectivity index (χ1n) is 7.71. The molecule has 5 rings (SSSR count). The second kappa shape index (κ2) is 4.35. The monoisotopic (exact) mass is 314 g/mol. The zero-order valence-electron chi connectivity index (χ0n) is 12.5. The first kappa shape index (κ1) is 13.1. The maximum Gasteiger partial charge on any atom is 0.347 e.